The molecule has 0 aliphatic carbocycles. The van der Waals surface area contributed by atoms with Crippen LogP contribution in [0.25, 0.3) is 0 Å². The van der Waals surface area contributed by atoms with Gasteiger partial charge in [0.05, 0.1) is 11.8 Å². The summed E-state index contributed by atoms with van der Waals surface area (Å²) in [5.74, 6) is 0.394. The minimum atomic E-state index is -0.526. The van der Waals surface area contributed by atoms with E-state index >= 15 is 0 Å². The predicted octanol–water partition coefficient (Wildman–Crippen LogP) is 3.36. The predicted molar refractivity (Wildman–Crippen MR) is 90.0 cm³/mol. The Kier molecular flexibility index (Phi) is 5.62. The molecule has 0 spiro atoms. The van der Waals surface area contributed by atoms with E-state index in [0.29, 0.717) is 17.5 Å². The summed E-state index contributed by atoms with van der Waals surface area (Å²) in [6, 6.07) is 7.34. The van der Waals surface area contributed by atoms with Crippen LogP contribution in [0.15, 0.2) is 30.5 Å². The van der Waals surface area contributed by atoms with Crippen molar-refractivity contribution < 1.29 is 5.11 Å². The van der Waals surface area contributed by atoms with Crippen LogP contribution in [0.2, 0.25) is 5.02 Å². The molecule has 5 heteroatoms. The Morgan fingerprint density at radius 2 is 1.91 bits per heavy atom. The van der Waals surface area contributed by atoms with E-state index in [0.717, 1.165) is 17.8 Å². The summed E-state index contributed by atoms with van der Waals surface area (Å²) in [6.45, 7) is 5.63. The molecule has 1 atom stereocenters. The summed E-state index contributed by atoms with van der Waals surface area (Å²) >= 11 is 5.88. The lowest BCUT2D eigenvalue weighted by Gasteiger charge is -2.21. The topological polar surface area (TPSA) is 41.3 Å². The molecule has 0 saturated heterocycles. The molecule has 2 rings (SSSR count). The minimum Gasteiger partial charge on any atom is -0.387 e. The van der Waals surface area contributed by atoms with Crippen molar-refractivity contribution >= 4 is 11.6 Å². The Balaban J connectivity index is 2.00. The van der Waals surface area contributed by atoms with E-state index in [1.165, 1.54) is 5.56 Å². The molecule has 4 nitrogen and oxygen atoms in total. The molecule has 0 amide bonds. The van der Waals surface area contributed by atoms with E-state index in [2.05, 4.69) is 30.0 Å². The Hall–Kier alpha value is -1.36. The summed E-state index contributed by atoms with van der Waals surface area (Å²) in [7, 11) is 3.95. The van der Waals surface area contributed by atoms with E-state index in [-0.39, 0.29) is 0 Å². The van der Waals surface area contributed by atoms with Crippen molar-refractivity contribution in [2.45, 2.75) is 32.4 Å². The maximum Gasteiger partial charge on any atom is 0.0916 e. The van der Waals surface area contributed by atoms with E-state index in [1.54, 1.807) is 12.1 Å². The summed E-state index contributed by atoms with van der Waals surface area (Å²) in [6.07, 6.45) is 1.53. The highest BCUT2D eigenvalue weighted by molar-refractivity contribution is 6.30. The first-order valence-electron chi connectivity index (χ1n) is 7.51. The molecule has 0 bridgehead atoms. The standard InChI is InChI=1S/C17H24ClN3O/c1-12(2)17-14(10-21(4)19-17)9-20(3)11-16(22)13-5-7-15(18)8-6-13/h5-8,10,12,16,22H,9,11H2,1-4H3. The average molecular weight is 322 g/mol. The van der Waals surface area contributed by atoms with Crippen LogP contribution in [0.4, 0.5) is 0 Å². The Morgan fingerprint density at radius 1 is 1.27 bits per heavy atom. The number of rotatable bonds is 6. The molecule has 2 aromatic rings. The number of hydrogen-bond donors (Lipinski definition) is 1. The van der Waals surface area contributed by atoms with Crippen molar-refractivity contribution in [3.8, 4) is 0 Å². The largest absolute Gasteiger partial charge is 0.387 e. The van der Waals surface area contributed by atoms with Crippen molar-refractivity contribution in [2.24, 2.45) is 7.05 Å². The van der Waals surface area contributed by atoms with Gasteiger partial charge >= 0.3 is 0 Å². The van der Waals surface area contributed by atoms with Crippen LogP contribution in [-0.2, 0) is 13.6 Å². The molecule has 1 heterocycles. The van der Waals surface area contributed by atoms with Crippen LogP contribution >= 0.6 is 11.6 Å². The monoisotopic (exact) mass is 321 g/mol. The number of nitrogens with zero attached hydrogens (tertiary/aromatic N) is 3. The second-order valence-electron chi connectivity index (χ2n) is 6.13. The first kappa shape index (κ1) is 17.0. The molecule has 1 aromatic carbocycles. The van der Waals surface area contributed by atoms with Gasteiger partial charge in [0.1, 0.15) is 0 Å². The number of benzene rings is 1. The number of aromatic nitrogens is 2. The number of halogens is 1. The molecule has 0 fully saturated rings. The second-order valence-corrected chi connectivity index (χ2v) is 6.57. The molecule has 0 radical (unpaired) electrons. The Bertz CT molecular complexity index is 607. The van der Waals surface area contributed by atoms with E-state index in [9.17, 15) is 5.11 Å². The zero-order chi connectivity index (χ0) is 16.3. The van der Waals surface area contributed by atoms with Gasteiger partial charge in [-0.1, -0.05) is 37.6 Å². The lowest BCUT2D eigenvalue weighted by Crippen LogP contribution is -2.24. The maximum atomic E-state index is 10.3. The van der Waals surface area contributed by atoms with Gasteiger partial charge in [-0.25, -0.2) is 0 Å². The van der Waals surface area contributed by atoms with E-state index in [4.69, 9.17) is 11.6 Å². The highest BCUT2D eigenvalue weighted by Crippen LogP contribution is 2.21. The van der Waals surface area contributed by atoms with Crippen molar-refractivity contribution in [1.82, 2.24) is 14.7 Å². The Labute approximate surface area is 137 Å². The fourth-order valence-electron chi connectivity index (χ4n) is 2.60. The minimum absolute atomic E-state index is 0.394. The first-order valence-corrected chi connectivity index (χ1v) is 7.89. The van der Waals surface area contributed by atoms with Gasteiger partial charge in [-0.15, -0.1) is 0 Å². The Morgan fingerprint density at radius 3 is 2.50 bits per heavy atom. The van der Waals surface area contributed by atoms with Crippen LogP contribution in [0.5, 0.6) is 0 Å². The summed E-state index contributed by atoms with van der Waals surface area (Å²) < 4.78 is 1.86. The number of aryl methyl sites for hydroxylation is 1. The van der Waals surface area contributed by atoms with Gasteiger partial charge in [0, 0.05) is 36.9 Å². The molecule has 1 unspecified atom stereocenters. The maximum absolute atomic E-state index is 10.3. The number of likely N-dealkylation sites (N-methyl/N-ethyl adjacent to an activating group) is 1. The SMILES string of the molecule is CC(C)c1nn(C)cc1CN(C)CC(O)c1ccc(Cl)cc1. The van der Waals surface area contributed by atoms with Gasteiger partial charge in [-0.3, -0.25) is 9.58 Å². The van der Waals surface area contributed by atoms with Crippen molar-refractivity contribution in [3.63, 3.8) is 0 Å². The number of hydrogen-bond acceptors (Lipinski definition) is 3. The van der Waals surface area contributed by atoms with E-state index in [1.807, 2.05) is 30.9 Å². The lowest BCUT2D eigenvalue weighted by molar-refractivity contribution is 0.123. The smallest absolute Gasteiger partial charge is 0.0916 e. The fraction of sp³-hybridized carbons (Fsp3) is 0.471. The van der Waals surface area contributed by atoms with Crippen LogP contribution in [0.3, 0.4) is 0 Å². The molecule has 22 heavy (non-hydrogen) atoms. The van der Waals surface area contributed by atoms with Crippen LogP contribution in [0.1, 0.15) is 42.7 Å². The third-order valence-corrected chi connectivity index (χ3v) is 3.92. The highest BCUT2D eigenvalue weighted by atomic mass is 35.5. The van der Waals surface area contributed by atoms with Crippen LogP contribution in [0, 0.1) is 0 Å². The van der Waals surface area contributed by atoms with Crippen molar-refractivity contribution in [3.05, 3.63) is 52.3 Å². The fourth-order valence-corrected chi connectivity index (χ4v) is 2.73. The highest BCUT2D eigenvalue weighted by Gasteiger charge is 2.15. The number of aliphatic hydroxyl groups is 1. The summed E-state index contributed by atoms with van der Waals surface area (Å²) in [5.41, 5.74) is 3.21. The van der Waals surface area contributed by atoms with Gasteiger partial charge in [0.2, 0.25) is 0 Å². The quantitative estimate of drug-likeness (QED) is 0.887. The molecular weight excluding hydrogens is 298 g/mol. The third kappa shape index (κ3) is 4.32. The third-order valence-electron chi connectivity index (χ3n) is 3.66. The summed E-state index contributed by atoms with van der Waals surface area (Å²) in [4.78, 5) is 2.11. The van der Waals surface area contributed by atoms with Crippen LogP contribution < -0.4 is 0 Å². The molecule has 0 saturated carbocycles. The first-order chi connectivity index (χ1) is 10.4. The summed E-state index contributed by atoms with van der Waals surface area (Å²) in [5, 5.41) is 15.5. The molecule has 0 aliphatic rings. The van der Waals surface area contributed by atoms with Gasteiger partial charge < -0.3 is 5.11 Å². The van der Waals surface area contributed by atoms with Gasteiger partial charge in [0.15, 0.2) is 0 Å². The van der Waals surface area contributed by atoms with Crippen molar-refractivity contribution in [1.29, 1.82) is 0 Å². The van der Waals surface area contributed by atoms with Crippen LogP contribution in [-0.4, -0.2) is 33.4 Å². The molecule has 1 aromatic heterocycles. The zero-order valence-electron chi connectivity index (χ0n) is 13.6. The van der Waals surface area contributed by atoms with E-state index < -0.39 is 6.10 Å². The second kappa shape index (κ2) is 7.27. The molecular formula is C17H24ClN3O. The normalized spacial score (nSPS) is 13.1. The molecule has 0 aliphatic heterocycles. The molecule has 1 N–H and O–H groups in total. The van der Waals surface area contributed by atoms with Crippen molar-refractivity contribution in [2.75, 3.05) is 13.6 Å². The zero-order valence-corrected chi connectivity index (χ0v) is 14.4. The van der Waals surface area contributed by atoms with Gasteiger partial charge in [0.25, 0.3) is 0 Å². The molecule has 120 valence electrons. The van der Waals surface area contributed by atoms with Gasteiger partial charge in [-0.2, -0.15) is 5.10 Å². The van der Waals surface area contributed by atoms with Gasteiger partial charge in [-0.05, 0) is 30.7 Å². The number of aliphatic hydroxyl groups excluding tert-OH is 1. The lowest BCUT2D eigenvalue weighted by atomic mass is 10.1. The average Bonchev–Trinajstić information content (AvgIpc) is 2.80.